The van der Waals surface area contributed by atoms with E-state index in [1.165, 1.54) is 4.88 Å². The quantitative estimate of drug-likeness (QED) is 0.889. The van der Waals surface area contributed by atoms with Crippen molar-refractivity contribution in [1.82, 2.24) is 0 Å². The third kappa shape index (κ3) is 3.26. The van der Waals surface area contributed by atoms with Crippen LogP contribution < -0.4 is 10.5 Å². The average molecular weight is 347 g/mol. The molecule has 0 saturated heterocycles. The third-order valence-corrected chi connectivity index (χ3v) is 4.63. The molecule has 2 aromatic rings. The van der Waals surface area contributed by atoms with Crippen LogP contribution in [0.1, 0.15) is 16.5 Å². The molecule has 1 aromatic carbocycles. The van der Waals surface area contributed by atoms with Gasteiger partial charge in [-0.1, -0.05) is 27.5 Å². The van der Waals surface area contributed by atoms with Crippen LogP contribution in [0.25, 0.3) is 0 Å². The Bertz CT molecular complexity index is 544. The van der Waals surface area contributed by atoms with Gasteiger partial charge in [0.1, 0.15) is 5.75 Å². The normalized spacial score (nSPS) is 12.4. The van der Waals surface area contributed by atoms with Gasteiger partial charge in [0.15, 0.2) is 0 Å². The summed E-state index contributed by atoms with van der Waals surface area (Å²) in [7, 11) is 1.65. The molecule has 0 aliphatic rings. The van der Waals surface area contributed by atoms with Crippen molar-refractivity contribution < 1.29 is 4.74 Å². The van der Waals surface area contributed by atoms with Gasteiger partial charge in [0, 0.05) is 21.8 Å². The Labute approximate surface area is 124 Å². The van der Waals surface area contributed by atoms with Crippen LogP contribution in [-0.4, -0.2) is 7.11 Å². The molecule has 2 N–H and O–H groups in total. The molecule has 1 heterocycles. The van der Waals surface area contributed by atoms with Crippen LogP contribution in [0.4, 0.5) is 0 Å². The lowest BCUT2D eigenvalue weighted by atomic mass is 10.0. The standard InChI is InChI=1S/C13H13BrClNOS/c1-17-8-2-4-11(14)10(6-8)12(16)7-9-3-5-13(15)18-9/h2-6,12H,7,16H2,1H3. The highest BCUT2D eigenvalue weighted by atomic mass is 79.9. The van der Waals surface area contributed by atoms with Gasteiger partial charge in [0.2, 0.25) is 0 Å². The summed E-state index contributed by atoms with van der Waals surface area (Å²) >= 11 is 11.0. The Hall–Kier alpha value is -0.550. The van der Waals surface area contributed by atoms with E-state index in [0.29, 0.717) is 0 Å². The van der Waals surface area contributed by atoms with Gasteiger partial charge in [-0.25, -0.2) is 0 Å². The third-order valence-electron chi connectivity index (χ3n) is 2.65. The highest BCUT2D eigenvalue weighted by molar-refractivity contribution is 9.10. The monoisotopic (exact) mass is 345 g/mol. The smallest absolute Gasteiger partial charge is 0.119 e. The van der Waals surface area contributed by atoms with Crippen LogP contribution in [0.5, 0.6) is 5.75 Å². The zero-order valence-corrected chi connectivity index (χ0v) is 13.0. The molecule has 5 heteroatoms. The molecule has 2 nitrogen and oxygen atoms in total. The zero-order chi connectivity index (χ0) is 13.1. The molecule has 1 aromatic heterocycles. The van der Waals surface area contributed by atoms with Crippen LogP contribution >= 0.6 is 38.9 Å². The molecular weight excluding hydrogens is 334 g/mol. The number of nitrogens with two attached hydrogens (primary N) is 1. The van der Waals surface area contributed by atoms with Gasteiger partial charge < -0.3 is 10.5 Å². The number of rotatable bonds is 4. The number of methoxy groups -OCH3 is 1. The summed E-state index contributed by atoms with van der Waals surface area (Å²) in [5.74, 6) is 0.813. The van der Waals surface area contributed by atoms with E-state index in [-0.39, 0.29) is 6.04 Å². The second kappa shape index (κ2) is 6.06. The summed E-state index contributed by atoms with van der Waals surface area (Å²) in [4.78, 5) is 1.18. The molecule has 0 saturated carbocycles. The van der Waals surface area contributed by atoms with Crippen molar-refractivity contribution >= 4 is 38.9 Å². The minimum absolute atomic E-state index is 0.0795. The maximum atomic E-state index is 6.24. The zero-order valence-electron chi connectivity index (χ0n) is 9.82. The van der Waals surface area contributed by atoms with Crippen LogP contribution in [0, 0.1) is 0 Å². The number of thiophene rings is 1. The van der Waals surface area contributed by atoms with Gasteiger partial charge in [-0.15, -0.1) is 11.3 Å². The number of hydrogen-bond donors (Lipinski definition) is 1. The summed E-state index contributed by atoms with van der Waals surface area (Å²) < 4.78 is 7.01. The second-order valence-corrected chi connectivity index (χ2v) is 6.56. The van der Waals surface area contributed by atoms with E-state index in [2.05, 4.69) is 15.9 Å². The van der Waals surface area contributed by atoms with Crippen LogP contribution in [-0.2, 0) is 6.42 Å². The van der Waals surface area contributed by atoms with Gasteiger partial charge in [0.05, 0.1) is 11.4 Å². The highest BCUT2D eigenvalue weighted by Gasteiger charge is 2.13. The predicted molar refractivity (Wildman–Crippen MR) is 80.7 cm³/mol. The molecule has 0 fully saturated rings. The minimum Gasteiger partial charge on any atom is -0.497 e. The summed E-state index contributed by atoms with van der Waals surface area (Å²) in [6.07, 6.45) is 0.767. The Morgan fingerprint density at radius 2 is 2.17 bits per heavy atom. The van der Waals surface area contributed by atoms with Gasteiger partial charge in [-0.3, -0.25) is 0 Å². The fraction of sp³-hybridized carbons (Fsp3) is 0.231. The summed E-state index contributed by atoms with van der Waals surface area (Å²) in [5.41, 5.74) is 7.28. The lowest BCUT2D eigenvalue weighted by Crippen LogP contribution is -2.13. The van der Waals surface area contributed by atoms with E-state index >= 15 is 0 Å². The second-order valence-electron chi connectivity index (χ2n) is 3.90. The van der Waals surface area contributed by atoms with E-state index in [1.807, 2.05) is 30.3 Å². The Morgan fingerprint density at radius 3 is 2.78 bits per heavy atom. The van der Waals surface area contributed by atoms with E-state index in [0.717, 1.165) is 26.5 Å². The van der Waals surface area contributed by atoms with Gasteiger partial charge in [-0.05, 0) is 35.9 Å². The number of halogens is 2. The summed E-state index contributed by atoms with van der Waals surface area (Å²) in [6, 6.07) is 9.65. The first-order valence-corrected chi connectivity index (χ1v) is 7.42. The van der Waals surface area contributed by atoms with Gasteiger partial charge >= 0.3 is 0 Å². The van der Waals surface area contributed by atoms with E-state index in [9.17, 15) is 0 Å². The maximum Gasteiger partial charge on any atom is 0.119 e. The molecule has 18 heavy (non-hydrogen) atoms. The molecule has 1 atom stereocenters. The topological polar surface area (TPSA) is 35.2 Å². The molecule has 0 amide bonds. The van der Waals surface area contributed by atoms with Gasteiger partial charge in [-0.2, -0.15) is 0 Å². The highest BCUT2D eigenvalue weighted by Crippen LogP contribution is 2.30. The number of ether oxygens (including phenoxy) is 1. The first-order chi connectivity index (χ1) is 8.60. The maximum absolute atomic E-state index is 6.24. The average Bonchev–Trinajstić information content (AvgIpc) is 2.75. The van der Waals surface area contributed by atoms with Crippen molar-refractivity contribution in [3.63, 3.8) is 0 Å². The largest absolute Gasteiger partial charge is 0.497 e. The fourth-order valence-electron chi connectivity index (χ4n) is 1.72. The molecule has 1 unspecified atom stereocenters. The van der Waals surface area contributed by atoms with Crippen molar-refractivity contribution in [1.29, 1.82) is 0 Å². The van der Waals surface area contributed by atoms with Crippen molar-refractivity contribution in [2.24, 2.45) is 5.73 Å². The summed E-state index contributed by atoms with van der Waals surface area (Å²) in [6.45, 7) is 0. The van der Waals surface area contributed by atoms with Gasteiger partial charge in [0.25, 0.3) is 0 Å². The van der Waals surface area contributed by atoms with Crippen LogP contribution in [0.15, 0.2) is 34.8 Å². The lowest BCUT2D eigenvalue weighted by Gasteiger charge is -2.14. The molecule has 2 rings (SSSR count). The molecule has 0 aliphatic heterocycles. The first kappa shape index (κ1) is 13.9. The Balaban J connectivity index is 2.20. The number of benzene rings is 1. The van der Waals surface area contributed by atoms with Crippen molar-refractivity contribution in [3.8, 4) is 5.75 Å². The lowest BCUT2D eigenvalue weighted by molar-refractivity contribution is 0.413. The SMILES string of the molecule is COc1ccc(Br)c(C(N)Cc2ccc(Cl)s2)c1. The van der Waals surface area contributed by atoms with E-state index < -0.39 is 0 Å². The molecule has 0 radical (unpaired) electrons. The molecule has 0 aliphatic carbocycles. The van der Waals surface area contributed by atoms with E-state index in [1.54, 1.807) is 18.4 Å². The van der Waals surface area contributed by atoms with Crippen LogP contribution in [0.3, 0.4) is 0 Å². The molecule has 0 spiro atoms. The summed E-state index contributed by atoms with van der Waals surface area (Å²) in [5, 5.41) is 0. The van der Waals surface area contributed by atoms with Crippen molar-refractivity contribution in [2.45, 2.75) is 12.5 Å². The molecular formula is C13H13BrClNOS. The predicted octanol–water partition coefficient (Wildman–Crippen LogP) is 4.42. The van der Waals surface area contributed by atoms with E-state index in [4.69, 9.17) is 22.1 Å². The number of hydrogen-bond acceptors (Lipinski definition) is 3. The first-order valence-electron chi connectivity index (χ1n) is 5.43. The fourth-order valence-corrected chi connectivity index (χ4v) is 3.41. The van der Waals surface area contributed by atoms with Crippen LogP contribution in [0.2, 0.25) is 4.34 Å². The minimum atomic E-state index is -0.0795. The Morgan fingerprint density at radius 1 is 1.39 bits per heavy atom. The van der Waals surface area contributed by atoms with Crippen molar-refractivity contribution in [2.75, 3.05) is 7.11 Å². The molecule has 96 valence electrons. The van der Waals surface area contributed by atoms with Crippen molar-refractivity contribution in [3.05, 3.63) is 49.6 Å². The Kier molecular flexibility index (Phi) is 4.67. The molecule has 0 bridgehead atoms.